The van der Waals surface area contributed by atoms with Crippen molar-refractivity contribution in [3.05, 3.63) is 0 Å². The van der Waals surface area contributed by atoms with E-state index in [9.17, 15) is 4.79 Å². The predicted molar refractivity (Wildman–Crippen MR) is 68.6 cm³/mol. The Balaban J connectivity index is 0.00000196. The minimum absolute atomic E-state index is 0. The van der Waals surface area contributed by atoms with Gasteiger partial charge in [0.05, 0.1) is 5.75 Å². The van der Waals surface area contributed by atoms with Crippen molar-refractivity contribution in [3.8, 4) is 0 Å². The van der Waals surface area contributed by atoms with Crippen LogP contribution in [0.1, 0.15) is 26.2 Å². The molecule has 0 bridgehead atoms. The molecule has 1 aliphatic heterocycles. The molecule has 1 rings (SSSR count). The fourth-order valence-corrected chi connectivity index (χ4v) is 2.43. The van der Waals surface area contributed by atoms with Gasteiger partial charge >= 0.3 is 0 Å². The van der Waals surface area contributed by atoms with Crippen LogP contribution in [0.25, 0.3) is 0 Å². The van der Waals surface area contributed by atoms with Crippen molar-refractivity contribution in [2.24, 2.45) is 5.73 Å². The molecule has 2 unspecified atom stereocenters. The van der Waals surface area contributed by atoms with Crippen LogP contribution in [0, 0.1) is 0 Å². The van der Waals surface area contributed by atoms with Crippen LogP contribution in [0.4, 0.5) is 0 Å². The van der Waals surface area contributed by atoms with Gasteiger partial charge in [-0.2, -0.15) is 11.8 Å². The minimum Gasteiger partial charge on any atom is -0.337 e. The molecular weight excluding hydrogens is 232 g/mol. The lowest BCUT2D eigenvalue weighted by Crippen LogP contribution is -2.52. The van der Waals surface area contributed by atoms with Crippen LogP contribution in [0.15, 0.2) is 0 Å². The lowest BCUT2D eigenvalue weighted by Gasteiger charge is -2.38. The van der Waals surface area contributed by atoms with Crippen molar-refractivity contribution >= 4 is 30.1 Å². The highest BCUT2D eigenvalue weighted by Crippen LogP contribution is 2.19. The number of nitrogens with zero attached hydrogens (tertiary/aromatic N) is 1. The monoisotopic (exact) mass is 252 g/mol. The van der Waals surface area contributed by atoms with Crippen LogP contribution >= 0.6 is 24.2 Å². The van der Waals surface area contributed by atoms with E-state index in [0.717, 1.165) is 19.4 Å². The Labute approximate surface area is 103 Å². The summed E-state index contributed by atoms with van der Waals surface area (Å²) in [6.45, 7) is 2.89. The van der Waals surface area contributed by atoms with Crippen LogP contribution in [0.5, 0.6) is 0 Å². The third-order valence-corrected chi connectivity index (χ3v) is 3.28. The first-order valence-corrected chi connectivity index (χ1v) is 6.60. The van der Waals surface area contributed by atoms with E-state index in [4.69, 9.17) is 5.73 Å². The number of carbonyl (C=O) groups is 1. The van der Waals surface area contributed by atoms with Gasteiger partial charge in [-0.05, 0) is 32.4 Å². The Hall–Kier alpha value is 0.0700. The van der Waals surface area contributed by atoms with E-state index in [1.807, 2.05) is 18.1 Å². The second-order valence-electron chi connectivity index (χ2n) is 3.94. The van der Waals surface area contributed by atoms with Gasteiger partial charge in [0.25, 0.3) is 0 Å². The second-order valence-corrected chi connectivity index (χ2v) is 4.81. The molecule has 0 aromatic rings. The fraction of sp³-hybridized carbons (Fsp3) is 0.900. The van der Waals surface area contributed by atoms with E-state index in [0.29, 0.717) is 5.75 Å². The number of rotatable bonds is 3. The first-order chi connectivity index (χ1) is 6.66. The predicted octanol–water partition coefficient (Wildman–Crippen LogP) is 1.50. The SMILES string of the molecule is CSCC(=O)N1CCCCC1C(C)N.Cl. The molecule has 2 atom stereocenters. The van der Waals surface area contributed by atoms with Crippen LogP contribution in [0.2, 0.25) is 0 Å². The Kier molecular flexibility index (Phi) is 7.40. The molecular formula is C10H21ClN2OS. The molecule has 0 aliphatic carbocycles. The van der Waals surface area contributed by atoms with Crippen molar-refractivity contribution in [3.63, 3.8) is 0 Å². The molecule has 1 fully saturated rings. The number of carbonyl (C=O) groups excluding carboxylic acids is 1. The topological polar surface area (TPSA) is 46.3 Å². The highest BCUT2D eigenvalue weighted by molar-refractivity contribution is 7.99. The van der Waals surface area contributed by atoms with E-state index in [1.54, 1.807) is 11.8 Å². The summed E-state index contributed by atoms with van der Waals surface area (Å²) in [5, 5.41) is 0. The summed E-state index contributed by atoms with van der Waals surface area (Å²) in [5.74, 6) is 0.836. The van der Waals surface area contributed by atoms with Crippen LogP contribution in [0.3, 0.4) is 0 Å². The van der Waals surface area contributed by atoms with Gasteiger partial charge in [0.15, 0.2) is 0 Å². The molecule has 0 spiro atoms. The normalized spacial score (nSPS) is 23.1. The summed E-state index contributed by atoms with van der Waals surface area (Å²) in [5.41, 5.74) is 5.89. The van der Waals surface area contributed by atoms with Crippen molar-refractivity contribution in [1.29, 1.82) is 0 Å². The molecule has 0 saturated carbocycles. The first-order valence-electron chi connectivity index (χ1n) is 5.20. The number of amides is 1. The number of piperidine rings is 1. The molecule has 1 heterocycles. The Bertz CT molecular complexity index is 202. The maximum absolute atomic E-state index is 11.8. The highest BCUT2D eigenvalue weighted by atomic mass is 35.5. The number of thioether (sulfide) groups is 1. The van der Waals surface area contributed by atoms with Crippen molar-refractivity contribution in [1.82, 2.24) is 4.90 Å². The molecule has 1 aliphatic rings. The number of likely N-dealkylation sites (tertiary alicyclic amines) is 1. The zero-order valence-electron chi connectivity index (χ0n) is 9.44. The minimum atomic E-state index is 0. The van der Waals surface area contributed by atoms with Gasteiger partial charge in [-0.1, -0.05) is 0 Å². The average molecular weight is 253 g/mol. The molecule has 2 N–H and O–H groups in total. The smallest absolute Gasteiger partial charge is 0.232 e. The van der Waals surface area contributed by atoms with Crippen molar-refractivity contribution < 1.29 is 4.79 Å². The maximum atomic E-state index is 11.8. The van der Waals surface area contributed by atoms with E-state index in [-0.39, 0.29) is 30.4 Å². The second kappa shape index (κ2) is 7.36. The summed E-state index contributed by atoms with van der Waals surface area (Å²) in [6.07, 6.45) is 5.36. The quantitative estimate of drug-likeness (QED) is 0.828. The molecule has 15 heavy (non-hydrogen) atoms. The summed E-state index contributed by atoms with van der Waals surface area (Å²) >= 11 is 1.59. The number of nitrogens with two attached hydrogens (primary N) is 1. The van der Waals surface area contributed by atoms with E-state index >= 15 is 0 Å². The molecule has 5 heteroatoms. The third-order valence-electron chi connectivity index (χ3n) is 2.74. The third kappa shape index (κ3) is 4.21. The standard InChI is InChI=1S/C10H20N2OS.ClH/c1-8(11)9-5-3-4-6-12(9)10(13)7-14-2;/h8-9H,3-7,11H2,1-2H3;1H. The lowest BCUT2D eigenvalue weighted by atomic mass is 9.97. The van der Waals surface area contributed by atoms with Crippen molar-refractivity contribution in [2.45, 2.75) is 38.3 Å². The van der Waals surface area contributed by atoms with Gasteiger partial charge in [0, 0.05) is 18.6 Å². The number of hydrogen-bond donors (Lipinski definition) is 1. The zero-order chi connectivity index (χ0) is 10.6. The molecule has 90 valence electrons. The summed E-state index contributed by atoms with van der Waals surface area (Å²) < 4.78 is 0. The average Bonchev–Trinajstić information content (AvgIpc) is 2.18. The van der Waals surface area contributed by atoms with Gasteiger partial charge in [0.1, 0.15) is 0 Å². The van der Waals surface area contributed by atoms with Crippen molar-refractivity contribution in [2.75, 3.05) is 18.6 Å². The van der Waals surface area contributed by atoms with Gasteiger partial charge in [-0.25, -0.2) is 0 Å². The molecule has 0 aromatic heterocycles. The van der Waals surface area contributed by atoms with Crippen LogP contribution in [-0.4, -0.2) is 41.4 Å². The summed E-state index contributed by atoms with van der Waals surface area (Å²) in [6, 6.07) is 0.365. The molecule has 0 radical (unpaired) electrons. The first kappa shape index (κ1) is 15.1. The van der Waals surface area contributed by atoms with Gasteiger partial charge in [-0.15, -0.1) is 12.4 Å². The largest absolute Gasteiger partial charge is 0.337 e. The Morgan fingerprint density at radius 1 is 1.60 bits per heavy atom. The van der Waals surface area contributed by atoms with Gasteiger partial charge in [-0.3, -0.25) is 4.79 Å². The van der Waals surface area contributed by atoms with Gasteiger partial charge in [0.2, 0.25) is 5.91 Å². The number of halogens is 1. The zero-order valence-corrected chi connectivity index (χ0v) is 11.1. The maximum Gasteiger partial charge on any atom is 0.232 e. The van der Waals surface area contributed by atoms with E-state index in [2.05, 4.69) is 0 Å². The summed E-state index contributed by atoms with van der Waals surface area (Å²) in [7, 11) is 0. The Morgan fingerprint density at radius 2 is 2.27 bits per heavy atom. The van der Waals surface area contributed by atoms with Crippen LogP contribution in [-0.2, 0) is 4.79 Å². The van der Waals surface area contributed by atoms with E-state index < -0.39 is 0 Å². The van der Waals surface area contributed by atoms with Crippen LogP contribution < -0.4 is 5.73 Å². The van der Waals surface area contributed by atoms with E-state index in [1.165, 1.54) is 6.42 Å². The molecule has 1 amide bonds. The summed E-state index contributed by atoms with van der Waals surface area (Å²) in [4.78, 5) is 13.7. The molecule has 1 saturated heterocycles. The molecule has 3 nitrogen and oxygen atoms in total. The number of hydrogen-bond acceptors (Lipinski definition) is 3. The fourth-order valence-electron chi connectivity index (χ4n) is 2.02. The lowest BCUT2D eigenvalue weighted by molar-refractivity contribution is -0.132. The Morgan fingerprint density at radius 3 is 2.80 bits per heavy atom. The van der Waals surface area contributed by atoms with Gasteiger partial charge < -0.3 is 10.6 Å². The molecule has 0 aromatic carbocycles. The highest BCUT2D eigenvalue weighted by Gasteiger charge is 2.28.